The Labute approximate surface area is 131 Å². The maximum Gasteiger partial charge on any atom is 0.320 e. The van der Waals surface area contributed by atoms with E-state index in [9.17, 15) is 9.59 Å². The third kappa shape index (κ3) is 5.89. The van der Waals surface area contributed by atoms with E-state index in [4.69, 9.17) is 9.84 Å². The number of carboxylic acid groups (broad SMARTS) is 1. The Balaban J connectivity index is 2.63. The number of nitrogens with one attached hydrogen (secondary N) is 2. The molecule has 0 aliphatic carbocycles. The lowest BCUT2D eigenvalue weighted by molar-refractivity contribution is -0.139. The first-order valence-electron chi connectivity index (χ1n) is 7.68. The summed E-state index contributed by atoms with van der Waals surface area (Å²) in [6.45, 7) is 5.80. The number of allylic oxidation sites excluding steroid dienone is 2. The molecular formula is C16H26N2O4. The van der Waals surface area contributed by atoms with Gasteiger partial charge in [-0.15, -0.1) is 0 Å². The Kier molecular flexibility index (Phi) is 7.66. The van der Waals surface area contributed by atoms with Gasteiger partial charge in [0, 0.05) is 25.6 Å². The summed E-state index contributed by atoms with van der Waals surface area (Å²) in [5, 5.41) is 14.9. The van der Waals surface area contributed by atoms with Crippen molar-refractivity contribution in [3.8, 4) is 0 Å². The lowest BCUT2D eigenvalue weighted by Gasteiger charge is -2.18. The number of hydrogen-bond acceptors (Lipinski definition) is 4. The highest BCUT2D eigenvalue weighted by atomic mass is 16.5. The van der Waals surface area contributed by atoms with Crippen LogP contribution < -0.4 is 10.6 Å². The van der Waals surface area contributed by atoms with Gasteiger partial charge in [0.2, 0.25) is 5.91 Å². The number of hydrogen-bond donors (Lipinski definition) is 3. The highest BCUT2D eigenvalue weighted by Crippen LogP contribution is 2.26. The third-order valence-corrected chi connectivity index (χ3v) is 3.65. The van der Waals surface area contributed by atoms with Crippen LogP contribution in [-0.4, -0.2) is 35.7 Å². The number of amides is 1. The van der Waals surface area contributed by atoms with E-state index in [1.54, 1.807) is 6.20 Å². The molecule has 1 fully saturated rings. The van der Waals surface area contributed by atoms with E-state index in [1.807, 2.05) is 19.9 Å². The van der Waals surface area contributed by atoms with Gasteiger partial charge in [0.05, 0.1) is 6.61 Å². The van der Waals surface area contributed by atoms with Crippen molar-refractivity contribution in [2.24, 2.45) is 5.92 Å². The van der Waals surface area contributed by atoms with Gasteiger partial charge in [-0.2, -0.15) is 0 Å². The minimum atomic E-state index is -0.809. The fourth-order valence-electron chi connectivity index (χ4n) is 2.67. The van der Waals surface area contributed by atoms with Crippen molar-refractivity contribution in [3.63, 3.8) is 0 Å². The average molecular weight is 310 g/mol. The molecule has 3 atom stereocenters. The number of aliphatic carboxylic acids is 1. The molecule has 1 amide bonds. The molecule has 0 spiro atoms. The van der Waals surface area contributed by atoms with Crippen LogP contribution in [0.3, 0.4) is 0 Å². The summed E-state index contributed by atoms with van der Waals surface area (Å²) < 4.78 is 5.51. The van der Waals surface area contributed by atoms with Crippen molar-refractivity contribution >= 4 is 11.9 Å². The highest BCUT2D eigenvalue weighted by molar-refractivity contribution is 5.74. The predicted octanol–water partition coefficient (Wildman–Crippen LogP) is 1.79. The molecule has 0 bridgehead atoms. The molecule has 0 radical (unpaired) electrons. The van der Waals surface area contributed by atoms with Gasteiger partial charge < -0.3 is 20.5 Å². The summed E-state index contributed by atoms with van der Waals surface area (Å²) in [7, 11) is 0. The lowest BCUT2D eigenvalue weighted by Crippen LogP contribution is -2.36. The normalized spacial score (nSPS) is 25.4. The van der Waals surface area contributed by atoms with Crippen LogP contribution in [0, 0.1) is 5.92 Å². The SMILES string of the molecule is C/C=C\[C@@H]1C[C@H](C(=O)O)N[C@@H]1CC/C(=C/NC(C)=O)OCC. The van der Waals surface area contributed by atoms with Crippen molar-refractivity contribution < 1.29 is 19.4 Å². The van der Waals surface area contributed by atoms with Crippen LogP contribution in [0.25, 0.3) is 0 Å². The van der Waals surface area contributed by atoms with E-state index in [1.165, 1.54) is 6.92 Å². The van der Waals surface area contributed by atoms with Crippen LogP contribution in [0.5, 0.6) is 0 Å². The Morgan fingerprint density at radius 1 is 1.45 bits per heavy atom. The van der Waals surface area contributed by atoms with Gasteiger partial charge in [0.15, 0.2) is 0 Å². The highest BCUT2D eigenvalue weighted by Gasteiger charge is 2.35. The first-order chi connectivity index (χ1) is 10.5. The first kappa shape index (κ1) is 18.2. The third-order valence-electron chi connectivity index (χ3n) is 3.65. The number of carbonyl (C=O) groups excluding carboxylic acids is 1. The summed E-state index contributed by atoms with van der Waals surface area (Å²) >= 11 is 0. The zero-order chi connectivity index (χ0) is 16.5. The molecule has 124 valence electrons. The predicted molar refractivity (Wildman–Crippen MR) is 84.0 cm³/mol. The molecule has 3 N–H and O–H groups in total. The zero-order valence-corrected chi connectivity index (χ0v) is 13.5. The number of carbonyl (C=O) groups is 2. The van der Waals surface area contributed by atoms with Crippen molar-refractivity contribution in [2.45, 2.75) is 52.1 Å². The summed E-state index contributed by atoms with van der Waals surface area (Å²) in [5.41, 5.74) is 0. The molecule has 1 aliphatic heterocycles. The fraction of sp³-hybridized carbons (Fsp3) is 0.625. The van der Waals surface area contributed by atoms with E-state index in [-0.39, 0.29) is 17.9 Å². The van der Waals surface area contributed by atoms with Crippen molar-refractivity contribution in [1.82, 2.24) is 10.6 Å². The van der Waals surface area contributed by atoms with Gasteiger partial charge in [-0.05, 0) is 32.6 Å². The Bertz CT molecular complexity index is 445. The molecule has 1 saturated heterocycles. The molecular weight excluding hydrogens is 284 g/mol. The van der Waals surface area contributed by atoms with Crippen molar-refractivity contribution in [3.05, 3.63) is 24.1 Å². The summed E-state index contributed by atoms with van der Waals surface area (Å²) in [6.07, 6.45) is 7.60. The van der Waals surface area contributed by atoms with Gasteiger partial charge in [0.25, 0.3) is 0 Å². The standard InChI is InChI=1S/C16H26N2O4/c1-4-6-12-9-15(16(20)21)18-14(12)8-7-13(22-5-2)10-17-11(3)19/h4,6,10,12,14-15,18H,5,7-9H2,1-3H3,(H,17,19)(H,20,21)/b6-4-,13-10-/t12-,14-,15-/m1/s1. The molecule has 6 nitrogen and oxygen atoms in total. The van der Waals surface area contributed by atoms with Gasteiger partial charge in [-0.3, -0.25) is 9.59 Å². The molecule has 6 heteroatoms. The Hall–Kier alpha value is -1.82. The zero-order valence-electron chi connectivity index (χ0n) is 13.5. The van der Waals surface area contributed by atoms with Crippen LogP contribution in [-0.2, 0) is 14.3 Å². The number of ether oxygens (including phenoxy) is 1. The van der Waals surface area contributed by atoms with E-state index >= 15 is 0 Å². The Morgan fingerprint density at radius 2 is 2.18 bits per heavy atom. The molecule has 0 aromatic rings. The second-order valence-corrected chi connectivity index (χ2v) is 5.37. The second-order valence-electron chi connectivity index (χ2n) is 5.37. The summed E-state index contributed by atoms with van der Waals surface area (Å²) in [5.74, 6) is -0.0444. The number of carboxylic acids is 1. The molecule has 0 saturated carbocycles. The summed E-state index contributed by atoms with van der Waals surface area (Å²) in [6, 6.07) is -0.403. The first-order valence-corrected chi connectivity index (χ1v) is 7.68. The molecule has 22 heavy (non-hydrogen) atoms. The van der Waals surface area contributed by atoms with Crippen LogP contribution in [0.15, 0.2) is 24.1 Å². The molecule has 0 aromatic heterocycles. The van der Waals surface area contributed by atoms with Gasteiger partial charge >= 0.3 is 5.97 Å². The van der Waals surface area contributed by atoms with Gasteiger partial charge in [-0.1, -0.05) is 12.2 Å². The molecule has 0 unspecified atom stereocenters. The Morgan fingerprint density at radius 3 is 2.73 bits per heavy atom. The maximum absolute atomic E-state index is 11.1. The van der Waals surface area contributed by atoms with Crippen molar-refractivity contribution in [1.29, 1.82) is 0 Å². The monoisotopic (exact) mass is 310 g/mol. The maximum atomic E-state index is 11.1. The minimum Gasteiger partial charge on any atom is -0.497 e. The van der Waals surface area contributed by atoms with Gasteiger partial charge in [-0.25, -0.2) is 0 Å². The van der Waals surface area contributed by atoms with E-state index in [0.29, 0.717) is 25.2 Å². The largest absolute Gasteiger partial charge is 0.497 e. The van der Waals surface area contributed by atoms with E-state index in [0.717, 1.165) is 6.42 Å². The quantitative estimate of drug-likeness (QED) is 0.470. The smallest absolute Gasteiger partial charge is 0.320 e. The van der Waals surface area contributed by atoms with E-state index < -0.39 is 12.0 Å². The average Bonchev–Trinajstić information content (AvgIpc) is 2.86. The molecule has 1 heterocycles. The fourth-order valence-corrected chi connectivity index (χ4v) is 2.67. The number of rotatable bonds is 8. The van der Waals surface area contributed by atoms with E-state index in [2.05, 4.69) is 16.7 Å². The minimum absolute atomic E-state index is 0.0958. The van der Waals surface area contributed by atoms with Crippen LogP contribution in [0.2, 0.25) is 0 Å². The summed E-state index contributed by atoms with van der Waals surface area (Å²) in [4.78, 5) is 22.1. The lowest BCUT2D eigenvalue weighted by atomic mass is 9.95. The van der Waals surface area contributed by atoms with Crippen LogP contribution >= 0.6 is 0 Å². The molecule has 1 rings (SSSR count). The molecule has 0 aromatic carbocycles. The van der Waals surface area contributed by atoms with Crippen LogP contribution in [0.4, 0.5) is 0 Å². The second kappa shape index (κ2) is 9.25. The van der Waals surface area contributed by atoms with Gasteiger partial charge in [0.1, 0.15) is 11.8 Å². The topological polar surface area (TPSA) is 87.7 Å². The van der Waals surface area contributed by atoms with Crippen LogP contribution in [0.1, 0.15) is 40.0 Å². The molecule has 1 aliphatic rings. The van der Waals surface area contributed by atoms with Crippen molar-refractivity contribution in [2.75, 3.05) is 6.61 Å².